The van der Waals surface area contributed by atoms with E-state index in [4.69, 9.17) is 27.9 Å². The largest absolute Gasteiger partial charge is 0.456 e. The first-order valence-corrected chi connectivity index (χ1v) is 13.5. The number of hydrogen-bond donors (Lipinski definition) is 0. The number of fused-ring (bicyclic) bond motifs is 1. The molecule has 39 heavy (non-hydrogen) atoms. The molecule has 0 fully saturated rings. The summed E-state index contributed by atoms with van der Waals surface area (Å²) in [5.41, 5.74) is -2.48. The van der Waals surface area contributed by atoms with E-state index in [-0.39, 0.29) is 49.3 Å². The van der Waals surface area contributed by atoms with Crippen LogP contribution in [0.15, 0.2) is 41.4 Å². The first-order valence-electron chi connectivity index (χ1n) is 11.3. The topological polar surface area (TPSA) is 91.2 Å². The Labute approximate surface area is 232 Å². The first kappa shape index (κ1) is 28.7. The van der Waals surface area contributed by atoms with E-state index in [9.17, 15) is 26.4 Å². The third-order valence-electron chi connectivity index (χ3n) is 5.47. The molecular weight excluding hydrogens is 578 g/mol. The summed E-state index contributed by atoms with van der Waals surface area (Å²) in [6.45, 7) is 6.39. The molecule has 4 rings (SSSR count). The van der Waals surface area contributed by atoms with Gasteiger partial charge in [-0.25, -0.2) is 18.7 Å². The van der Waals surface area contributed by atoms with E-state index in [0.29, 0.717) is 3.97 Å². The third kappa shape index (κ3) is 5.69. The van der Waals surface area contributed by atoms with Gasteiger partial charge in [-0.3, -0.25) is 0 Å². The normalized spacial score (nSPS) is 12.4. The van der Waals surface area contributed by atoms with Gasteiger partial charge in [-0.15, -0.1) is 0 Å². The van der Waals surface area contributed by atoms with E-state index >= 15 is 0 Å². The van der Waals surface area contributed by atoms with E-state index in [0.717, 1.165) is 12.3 Å². The van der Waals surface area contributed by atoms with Crippen LogP contribution in [0.5, 0.6) is 0 Å². The summed E-state index contributed by atoms with van der Waals surface area (Å²) in [4.78, 5) is 20.0. The first-order chi connectivity index (χ1) is 18.0. The molecule has 0 bridgehead atoms. The molecule has 0 spiro atoms. The van der Waals surface area contributed by atoms with E-state index in [1.54, 1.807) is 20.8 Å². The van der Waals surface area contributed by atoms with Crippen molar-refractivity contribution in [3.8, 4) is 0 Å². The summed E-state index contributed by atoms with van der Waals surface area (Å²) < 4.78 is 74.4. The predicted octanol–water partition coefficient (Wildman–Crippen LogP) is 6.45. The van der Waals surface area contributed by atoms with Gasteiger partial charge in [0.1, 0.15) is 21.3 Å². The van der Waals surface area contributed by atoms with Crippen LogP contribution in [-0.2, 0) is 27.4 Å². The SMILES string of the molecule is Cc1cc(C(F)(F)F)nc2c1cc(Cc1c(Cl)ncc(C(=O)OC(C)(C)C)c1Cl)n2S(=O)(=O)c1c#cccc1. The lowest BCUT2D eigenvalue weighted by Crippen LogP contribution is -2.24. The van der Waals surface area contributed by atoms with Gasteiger partial charge in [0.05, 0.1) is 10.6 Å². The van der Waals surface area contributed by atoms with E-state index in [1.807, 2.05) is 0 Å². The lowest BCUT2D eigenvalue weighted by atomic mass is 10.1. The van der Waals surface area contributed by atoms with Gasteiger partial charge in [0.2, 0.25) is 0 Å². The Hall–Kier alpha value is -3.33. The number of rotatable bonds is 5. The molecule has 3 aromatic heterocycles. The highest BCUT2D eigenvalue weighted by atomic mass is 35.5. The second-order valence-corrected chi connectivity index (χ2v) is 12.0. The Morgan fingerprint density at radius 2 is 1.87 bits per heavy atom. The van der Waals surface area contributed by atoms with Crippen LogP contribution in [-0.4, -0.2) is 33.9 Å². The minimum absolute atomic E-state index is 0.0240. The molecule has 1 aromatic carbocycles. The summed E-state index contributed by atoms with van der Waals surface area (Å²) in [6, 6.07) is 11.3. The molecule has 0 aliphatic rings. The number of carbonyl (C=O) groups excluding carboxylic acids is 1. The summed E-state index contributed by atoms with van der Waals surface area (Å²) in [5.74, 6) is -0.784. The molecule has 7 nitrogen and oxygen atoms in total. The zero-order valence-corrected chi connectivity index (χ0v) is 23.3. The lowest BCUT2D eigenvalue weighted by molar-refractivity contribution is -0.141. The van der Waals surface area contributed by atoms with Crippen LogP contribution in [0.4, 0.5) is 13.2 Å². The summed E-state index contributed by atoms with van der Waals surface area (Å²) in [7, 11) is -4.53. The Kier molecular flexibility index (Phi) is 7.36. The minimum atomic E-state index is -4.83. The zero-order valence-electron chi connectivity index (χ0n) is 20.9. The van der Waals surface area contributed by atoms with Gasteiger partial charge in [0.25, 0.3) is 10.0 Å². The fraction of sp³-hybridized carbons (Fsp3) is 0.269. The van der Waals surface area contributed by atoms with Crippen molar-refractivity contribution < 1.29 is 31.1 Å². The molecule has 4 aromatic rings. The summed E-state index contributed by atoms with van der Waals surface area (Å²) >= 11 is 12.8. The molecule has 0 amide bonds. The van der Waals surface area contributed by atoms with Gasteiger partial charge >= 0.3 is 12.1 Å². The van der Waals surface area contributed by atoms with Crippen LogP contribution in [0, 0.1) is 19.1 Å². The number of pyridine rings is 2. The molecule has 0 unspecified atom stereocenters. The van der Waals surface area contributed by atoms with Crippen molar-refractivity contribution in [3.05, 3.63) is 86.9 Å². The molecule has 204 valence electrons. The summed E-state index contributed by atoms with van der Waals surface area (Å²) in [6.07, 6.45) is -4.03. The molecule has 0 radical (unpaired) electrons. The molecule has 13 heteroatoms. The maximum absolute atomic E-state index is 13.7. The van der Waals surface area contributed by atoms with Gasteiger partial charge in [0, 0.05) is 29.3 Å². The second-order valence-electron chi connectivity index (χ2n) is 9.56. The number of halogens is 5. The van der Waals surface area contributed by atoms with Gasteiger partial charge in [0.15, 0.2) is 5.65 Å². The molecular formula is C26H20Cl2F3N3O4S. The number of nitrogens with zero attached hydrogens (tertiary/aromatic N) is 3. The van der Waals surface area contributed by atoms with Crippen LogP contribution in [0.25, 0.3) is 11.0 Å². The Balaban J connectivity index is 1.98. The van der Waals surface area contributed by atoms with Crippen LogP contribution in [0.2, 0.25) is 10.2 Å². The van der Waals surface area contributed by atoms with Crippen molar-refractivity contribution >= 4 is 50.2 Å². The third-order valence-corrected chi connectivity index (χ3v) is 7.91. The molecule has 0 saturated carbocycles. The van der Waals surface area contributed by atoms with Crippen LogP contribution >= 0.6 is 23.2 Å². The van der Waals surface area contributed by atoms with Gasteiger partial charge in [-0.05, 0) is 63.6 Å². The Bertz CT molecular complexity index is 1700. The van der Waals surface area contributed by atoms with Crippen LogP contribution in [0.3, 0.4) is 0 Å². The van der Waals surface area contributed by atoms with E-state index < -0.39 is 39.1 Å². The minimum Gasteiger partial charge on any atom is -0.456 e. The molecule has 0 N–H and O–H groups in total. The number of aromatic nitrogens is 3. The molecule has 0 saturated heterocycles. The van der Waals surface area contributed by atoms with Gasteiger partial charge in [-0.1, -0.05) is 35.3 Å². The predicted molar refractivity (Wildman–Crippen MR) is 138 cm³/mol. The average Bonchev–Trinajstić information content (AvgIpc) is 3.20. The van der Waals surface area contributed by atoms with Crippen molar-refractivity contribution in [3.63, 3.8) is 0 Å². The van der Waals surface area contributed by atoms with Crippen molar-refractivity contribution in [1.29, 1.82) is 0 Å². The van der Waals surface area contributed by atoms with Crippen molar-refractivity contribution in [2.45, 2.75) is 50.8 Å². The lowest BCUT2D eigenvalue weighted by Gasteiger charge is -2.20. The number of alkyl halides is 3. The summed E-state index contributed by atoms with van der Waals surface area (Å²) in [5, 5.41) is -0.120. The number of carbonyl (C=O) groups is 1. The standard InChI is InChI=1S/C26H20Cl2F3N3O4S/c1-14-10-20(26(29,30)31)33-23-17(14)11-15(34(23)39(36,37)16-8-6-5-7-9-16)12-18-21(27)19(13-32-22(18)28)24(35)38-25(2,3)4/h5-6,8,10-11,13H,12H2,1-4H3. The van der Waals surface area contributed by atoms with E-state index in [2.05, 4.69) is 22.1 Å². The van der Waals surface area contributed by atoms with Crippen LogP contribution in [0.1, 0.15) is 53.6 Å². The number of hydrogen-bond acceptors (Lipinski definition) is 6. The Morgan fingerprint density at radius 3 is 2.46 bits per heavy atom. The smallest absolute Gasteiger partial charge is 0.433 e. The average molecular weight is 598 g/mol. The maximum Gasteiger partial charge on any atom is 0.433 e. The number of ether oxygens (including phenoxy) is 1. The fourth-order valence-electron chi connectivity index (χ4n) is 3.80. The highest BCUT2D eigenvalue weighted by Crippen LogP contribution is 2.36. The quantitative estimate of drug-likeness (QED) is 0.194. The number of esters is 1. The van der Waals surface area contributed by atoms with Crippen molar-refractivity contribution in [2.24, 2.45) is 0 Å². The fourth-order valence-corrected chi connectivity index (χ4v) is 5.77. The van der Waals surface area contributed by atoms with Crippen molar-refractivity contribution in [2.75, 3.05) is 0 Å². The molecule has 0 aliphatic heterocycles. The molecule has 0 atom stereocenters. The maximum atomic E-state index is 13.7. The van der Waals surface area contributed by atoms with Crippen LogP contribution < -0.4 is 0 Å². The number of aryl methyl sites for hydroxylation is 1. The highest BCUT2D eigenvalue weighted by Gasteiger charge is 2.35. The monoisotopic (exact) mass is 597 g/mol. The van der Waals surface area contributed by atoms with Crippen molar-refractivity contribution in [1.82, 2.24) is 13.9 Å². The molecule has 0 aliphatic carbocycles. The Morgan fingerprint density at radius 1 is 1.18 bits per heavy atom. The highest BCUT2D eigenvalue weighted by molar-refractivity contribution is 7.90. The zero-order chi connectivity index (χ0) is 28.9. The van der Waals surface area contributed by atoms with Gasteiger partial charge < -0.3 is 4.74 Å². The van der Waals surface area contributed by atoms with E-state index in [1.165, 1.54) is 31.2 Å². The molecule has 3 heterocycles. The van der Waals surface area contributed by atoms with Gasteiger partial charge in [-0.2, -0.15) is 21.6 Å². The second kappa shape index (κ2) is 10.0.